The third kappa shape index (κ3) is 3.67. The zero-order valence-electron chi connectivity index (χ0n) is 11.3. The maximum atomic E-state index is 5.73. The molecule has 102 valence electrons. The predicted octanol–water partition coefficient (Wildman–Crippen LogP) is 3.28. The maximum Gasteiger partial charge on any atom is 0.195 e. The molecule has 2 aromatic rings. The minimum atomic E-state index is 0.604. The molecule has 5 heteroatoms. The highest BCUT2D eigenvalue weighted by Crippen LogP contribution is 2.12. The van der Waals surface area contributed by atoms with Crippen LogP contribution in [0.4, 0.5) is 0 Å². The van der Waals surface area contributed by atoms with E-state index in [0.29, 0.717) is 11.4 Å². The minimum absolute atomic E-state index is 0.604. The number of nitrogens with zero attached hydrogens (tertiary/aromatic N) is 2. The Kier molecular flexibility index (Phi) is 4.74. The lowest BCUT2D eigenvalue weighted by molar-refractivity contribution is 0.316. The summed E-state index contributed by atoms with van der Waals surface area (Å²) in [4.78, 5) is 0. The van der Waals surface area contributed by atoms with E-state index < -0.39 is 0 Å². The molecule has 0 spiro atoms. The van der Waals surface area contributed by atoms with Crippen molar-refractivity contribution in [2.24, 2.45) is 0 Å². The Morgan fingerprint density at radius 1 is 1.42 bits per heavy atom. The molecule has 0 saturated heterocycles. The lowest BCUT2D eigenvalue weighted by atomic mass is 10.2. The second-order valence-corrected chi connectivity index (χ2v) is 4.90. The number of aromatic nitrogens is 3. The summed E-state index contributed by atoms with van der Waals surface area (Å²) in [5, 5.41) is 7.09. The van der Waals surface area contributed by atoms with E-state index in [0.717, 1.165) is 31.0 Å². The molecule has 1 aromatic carbocycles. The van der Waals surface area contributed by atoms with Crippen molar-refractivity contribution in [2.75, 3.05) is 6.61 Å². The van der Waals surface area contributed by atoms with E-state index in [1.807, 2.05) is 22.8 Å². The number of aryl methyl sites for hydroxylation is 1. The third-order valence-corrected chi connectivity index (χ3v) is 3.18. The van der Waals surface area contributed by atoms with Gasteiger partial charge in [0.25, 0.3) is 0 Å². The number of rotatable bonds is 6. The molecular weight excluding hydrogens is 258 g/mol. The molecule has 0 amide bonds. The van der Waals surface area contributed by atoms with Crippen LogP contribution < -0.4 is 4.74 Å². The largest absolute Gasteiger partial charge is 0.493 e. The number of H-pyrrole nitrogens is 1. The number of hydrogen-bond acceptors (Lipinski definition) is 3. The molecule has 0 aliphatic rings. The molecule has 0 atom stereocenters. The summed E-state index contributed by atoms with van der Waals surface area (Å²) in [7, 11) is 0. The first-order chi connectivity index (χ1) is 9.20. The highest BCUT2D eigenvalue weighted by atomic mass is 32.1. The van der Waals surface area contributed by atoms with Crippen molar-refractivity contribution in [3.05, 3.63) is 40.4 Å². The molecule has 1 N–H and O–H groups in total. The van der Waals surface area contributed by atoms with E-state index in [1.165, 1.54) is 5.56 Å². The Balaban J connectivity index is 1.94. The SMILES string of the molecule is CCCn1c(CCOc2cccc(C)c2)n[nH]c1=S. The van der Waals surface area contributed by atoms with Gasteiger partial charge in [0, 0.05) is 13.0 Å². The molecule has 19 heavy (non-hydrogen) atoms. The molecule has 1 aromatic heterocycles. The zero-order valence-corrected chi connectivity index (χ0v) is 12.2. The fourth-order valence-electron chi connectivity index (χ4n) is 1.96. The first kappa shape index (κ1) is 13.8. The fraction of sp³-hybridized carbons (Fsp3) is 0.429. The lowest BCUT2D eigenvalue weighted by Gasteiger charge is -2.07. The van der Waals surface area contributed by atoms with Gasteiger partial charge in [0.15, 0.2) is 4.77 Å². The molecule has 0 saturated carbocycles. The average Bonchev–Trinajstić information content (AvgIpc) is 2.72. The van der Waals surface area contributed by atoms with E-state index >= 15 is 0 Å². The van der Waals surface area contributed by atoms with Gasteiger partial charge in [-0.25, -0.2) is 0 Å². The molecule has 0 aliphatic heterocycles. The highest BCUT2D eigenvalue weighted by Gasteiger charge is 2.05. The van der Waals surface area contributed by atoms with Crippen LogP contribution in [0.25, 0.3) is 0 Å². The van der Waals surface area contributed by atoms with Crippen LogP contribution in [-0.2, 0) is 13.0 Å². The van der Waals surface area contributed by atoms with Gasteiger partial charge in [-0.3, -0.25) is 5.10 Å². The van der Waals surface area contributed by atoms with Crippen molar-refractivity contribution in [1.82, 2.24) is 14.8 Å². The summed E-state index contributed by atoms with van der Waals surface area (Å²) in [5.41, 5.74) is 1.20. The van der Waals surface area contributed by atoms with Crippen LogP contribution in [0.5, 0.6) is 5.75 Å². The van der Waals surface area contributed by atoms with E-state index in [-0.39, 0.29) is 0 Å². The maximum absolute atomic E-state index is 5.73. The van der Waals surface area contributed by atoms with Crippen LogP contribution >= 0.6 is 12.2 Å². The van der Waals surface area contributed by atoms with Gasteiger partial charge in [0.1, 0.15) is 11.6 Å². The normalized spacial score (nSPS) is 10.6. The van der Waals surface area contributed by atoms with E-state index in [2.05, 4.69) is 30.1 Å². The van der Waals surface area contributed by atoms with Crippen molar-refractivity contribution in [3.63, 3.8) is 0 Å². The van der Waals surface area contributed by atoms with Crippen LogP contribution in [-0.4, -0.2) is 21.4 Å². The summed E-state index contributed by atoms with van der Waals surface area (Å²) in [5.74, 6) is 1.86. The van der Waals surface area contributed by atoms with Gasteiger partial charge in [-0.1, -0.05) is 19.1 Å². The topological polar surface area (TPSA) is 42.8 Å². The summed E-state index contributed by atoms with van der Waals surface area (Å²) in [6.07, 6.45) is 1.79. The number of aromatic amines is 1. The number of ether oxygens (including phenoxy) is 1. The third-order valence-electron chi connectivity index (χ3n) is 2.87. The lowest BCUT2D eigenvalue weighted by Crippen LogP contribution is -2.09. The van der Waals surface area contributed by atoms with Crippen LogP contribution in [0.15, 0.2) is 24.3 Å². The molecule has 0 fully saturated rings. The van der Waals surface area contributed by atoms with Gasteiger partial charge < -0.3 is 9.30 Å². The van der Waals surface area contributed by atoms with Crippen LogP contribution in [0.2, 0.25) is 0 Å². The summed E-state index contributed by atoms with van der Waals surface area (Å²) < 4.78 is 8.46. The first-order valence-electron chi connectivity index (χ1n) is 6.54. The molecule has 4 nitrogen and oxygen atoms in total. The summed E-state index contributed by atoms with van der Waals surface area (Å²) in [6, 6.07) is 8.05. The number of nitrogens with one attached hydrogen (secondary N) is 1. The zero-order chi connectivity index (χ0) is 13.7. The monoisotopic (exact) mass is 277 g/mol. The first-order valence-corrected chi connectivity index (χ1v) is 6.95. The Morgan fingerprint density at radius 3 is 3.00 bits per heavy atom. The molecule has 0 unspecified atom stereocenters. The number of benzene rings is 1. The van der Waals surface area contributed by atoms with Gasteiger partial charge in [-0.05, 0) is 43.3 Å². The Morgan fingerprint density at radius 2 is 2.26 bits per heavy atom. The average molecular weight is 277 g/mol. The van der Waals surface area contributed by atoms with E-state index in [4.69, 9.17) is 17.0 Å². The van der Waals surface area contributed by atoms with Crippen molar-refractivity contribution in [3.8, 4) is 5.75 Å². The van der Waals surface area contributed by atoms with Gasteiger partial charge >= 0.3 is 0 Å². The fourth-order valence-corrected chi connectivity index (χ4v) is 2.20. The molecule has 2 rings (SSSR count). The minimum Gasteiger partial charge on any atom is -0.493 e. The van der Waals surface area contributed by atoms with Crippen molar-refractivity contribution in [1.29, 1.82) is 0 Å². The second kappa shape index (κ2) is 6.52. The molecular formula is C14H19N3OS. The Labute approximate surface area is 118 Å². The predicted molar refractivity (Wildman–Crippen MR) is 78.1 cm³/mol. The van der Waals surface area contributed by atoms with Crippen molar-refractivity contribution < 1.29 is 4.74 Å². The van der Waals surface area contributed by atoms with Crippen LogP contribution in [0.1, 0.15) is 24.7 Å². The van der Waals surface area contributed by atoms with Gasteiger partial charge in [-0.2, -0.15) is 5.10 Å². The molecule has 0 aliphatic carbocycles. The van der Waals surface area contributed by atoms with Gasteiger partial charge in [0.2, 0.25) is 0 Å². The smallest absolute Gasteiger partial charge is 0.195 e. The van der Waals surface area contributed by atoms with Crippen molar-refractivity contribution >= 4 is 12.2 Å². The summed E-state index contributed by atoms with van der Waals surface area (Å²) in [6.45, 7) is 5.68. The highest BCUT2D eigenvalue weighted by molar-refractivity contribution is 7.71. The van der Waals surface area contributed by atoms with Crippen LogP contribution in [0.3, 0.4) is 0 Å². The molecule has 0 bridgehead atoms. The molecule has 1 heterocycles. The molecule has 0 radical (unpaired) electrons. The quantitative estimate of drug-likeness (QED) is 0.824. The van der Waals surface area contributed by atoms with Crippen LogP contribution in [0, 0.1) is 11.7 Å². The standard InChI is InChI=1S/C14H19N3OS/c1-3-8-17-13(15-16-14(17)19)7-9-18-12-6-4-5-11(2)10-12/h4-6,10H,3,7-9H2,1-2H3,(H,16,19). The van der Waals surface area contributed by atoms with E-state index in [9.17, 15) is 0 Å². The summed E-state index contributed by atoms with van der Waals surface area (Å²) >= 11 is 5.20. The van der Waals surface area contributed by atoms with E-state index in [1.54, 1.807) is 0 Å². The van der Waals surface area contributed by atoms with Gasteiger partial charge in [0.05, 0.1) is 6.61 Å². The number of hydrogen-bond donors (Lipinski definition) is 1. The van der Waals surface area contributed by atoms with Crippen molar-refractivity contribution in [2.45, 2.75) is 33.2 Å². The van der Waals surface area contributed by atoms with Gasteiger partial charge in [-0.15, -0.1) is 0 Å². The Hall–Kier alpha value is -1.62. The Bertz CT molecular complexity index is 588. The second-order valence-electron chi connectivity index (χ2n) is 4.51.